The van der Waals surface area contributed by atoms with Crippen molar-refractivity contribution < 1.29 is 14.3 Å². The van der Waals surface area contributed by atoms with Gasteiger partial charge in [0.2, 0.25) is 0 Å². The van der Waals surface area contributed by atoms with E-state index in [9.17, 15) is 9.59 Å². The Morgan fingerprint density at radius 2 is 1.47 bits per heavy atom. The fourth-order valence-electron chi connectivity index (χ4n) is 5.02. The molecule has 5 rings (SSSR count). The lowest BCUT2D eigenvalue weighted by Gasteiger charge is -2.38. The highest BCUT2D eigenvalue weighted by molar-refractivity contribution is 6.32. The number of carbonyl (C=O) groups excluding carboxylic acids is 2. The van der Waals surface area contributed by atoms with Crippen LogP contribution in [0.15, 0.2) is 54.6 Å². The summed E-state index contributed by atoms with van der Waals surface area (Å²) in [5.41, 5.74) is 11.2. The Labute approximate surface area is 211 Å². The quantitative estimate of drug-likeness (QED) is 0.391. The molecule has 0 atom stereocenters. The van der Waals surface area contributed by atoms with Gasteiger partial charge in [-0.05, 0) is 36.2 Å². The van der Waals surface area contributed by atoms with Crippen LogP contribution in [0.1, 0.15) is 45.7 Å². The minimum Gasteiger partial charge on any atom is -0.497 e. The van der Waals surface area contributed by atoms with Crippen LogP contribution in [0.2, 0.25) is 0 Å². The number of hydrogen-bond donors (Lipinski definition) is 2. The van der Waals surface area contributed by atoms with E-state index in [1.807, 2.05) is 18.2 Å². The highest BCUT2D eigenvalue weighted by Gasteiger charge is 2.35. The first-order valence-corrected chi connectivity index (χ1v) is 12.4. The zero-order valence-electron chi connectivity index (χ0n) is 21.0. The van der Waals surface area contributed by atoms with Crippen LogP contribution >= 0.6 is 0 Å². The maximum atomic E-state index is 13.6. The monoisotopic (exact) mass is 484 g/mol. The number of ether oxygens (including phenoxy) is 1. The molecule has 0 amide bonds. The number of nitrogens with two attached hydrogens (primary N) is 1. The number of piperazine rings is 1. The van der Waals surface area contributed by atoms with Crippen molar-refractivity contribution in [2.75, 3.05) is 60.7 Å². The normalized spacial score (nSPS) is 15.1. The van der Waals surface area contributed by atoms with Gasteiger partial charge in [-0.25, -0.2) is 0 Å². The molecule has 3 aromatic rings. The Bertz CT molecular complexity index is 1310. The van der Waals surface area contributed by atoms with Crippen LogP contribution in [0.25, 0.3) is 0 Å². The highest BCUT2D eigenvalue weighted by Crippen LogP contribution is 2.41. The SMILES string of the molecule is COc1ccc(N2CCN(c3cc(NCC(C)C)c4c(c3N)C(=O)c3ccccc3C4=O)CC2)cc1. The standard InChI is InChI=1S/C29H32N4O3/c1-18(2)17-31-23-16-24(33-14-12-32(13-15-33)19-8-10-20(36-3)11-9-19)27(30)26-25(23)28(34)21-6-4-5-7-22(21)29(26)35/h4-11,16,18,31H,12-15,17,30H2,1-3H3. The summed E-state index contributed by atoms with van der Waals surface area (Å²) in [4.78, 5) is 31.7. The number of hydrogen-bond acceptors (Lipinski definition) is 7. The third-order valence-corrected chi connectivity index (χ3v) is 6.97. The smallest absolute Gasteiger partial charge is 0.196 e. The Balaban J connectivity index is 1.49. The van der Waals surface area contributed by atoms with E-state index in [-0.39, 0.29) is 11.6 Å². The number of ketones is 2. The molecule has 0 saturated carbocycles. The zero-order chi connectivity index (χ0) is 25.4. The summed E-state index contributed by atoms with van der Waals surface area (Å²) in [6.07, 6.45) is 0. The Hall–Kier alpha value is -4.00. The average molecular weight is 485 g/mol. The maximum absolute atomic E-state index is 13.6. The predicted molar refractivity (Wildman–Crippen MR) is 145 cm³/mol. The predicted octanol–water partition coefficient (Wildman–Crippen LogP) is 4.45. The van der Waals surface area contributed by atoms with Crippen molar-refractivity contribution in [3.8, 4) is 5.75 Å². The third kappa shape index (κ3) is 4.15. The van der Waals surface area contributed by atoms with Crippen LogP contribution in [0.3, 0.4) is 0 Å². The molecule has 0 radical (unpaired) electrons. The number of anilines is 4. The number of carbonyl (C=O) groups is 2. The number of rotatable bonds is 6. The maximum Gasteiger partial charge on any atom is 0.196 e. The van der Waals surface area contributed by atoms with E-state index in [2.05, 4.69) is 41.1 Å². The van der Waals surface area contributed by atoms with Crippen molar-refractivity contribution >= 4 is 34.3 Å². The topological polar surface area (TPSA) is 87.9 Å². The van der Waals surface area contributed by atoms with Gasteiger partial charge in [-0.1, -0.05) is 38.1 Å². The van der Waals surface area contributed by atoms with E-state index in [1.54, 1.807) is 31.4 Å². The van der Waals surface area contributed by atoms with Gasteiger partial charge in [0.25, 0.3) is 0 Å². The molecule has 3 aromatic carbocycles. The zero-order valence-corrected chi connectivity index (χ0v) is 21.0. The van der Waals surface area contributed by atoms with Crippen LogP contribution in [-0.2, 0) is 0 Å². The number of nitrogens with zero attached hydrogens (tertiary/aromatic N) is 2. The van der Waals surface area contributed by atoms with E-state index in [1.165, 1.54) is 0 Å². The minimum atomic E-state index is -0.191. The van der Waals surface area contributed by atoms with Crippen LogP contribution in [0.5, 0.6) is 5.75 Å². The average Bonchev–Trinajstić information content (AvgIpc) is 2.91. The molecule has 2 aliphatic rings. The number of methoxy groups -OCH3 is 1. The van der Waals surface area contributed by atoms with Crippen molar-refractivity contribution in [1.82, 2.24) is 0 Å². The Morgan fingerprint density at radius 3 is 2.06 bits per heavy atom. The molecule has 0 aromatic heterocycles. The van der Waals surface area contributed by atoms with E-state index in [4.69, 9.17) is 10.5 Å². The molecule has 1 fully saturated rings. The highest BCUT2D eigenvalue weighted by atomic mass is 16.5. The summed E-state index contributed by atoms with van der Waals surface area (Å²) in [7, 11) is 1.66. The first kappa shape index (κ1) is 23.7. The van der Waals surface area contributed by atoms with Crippen molar-refractivity contribution in [2.45, 2.75) is 13.8 Å². The summed E-state index contributed by atoms with van der Waals surface area (Å²) in [5.74, 6) is 0.857. The van der Waals surface area contributed by atoms with Gasteiger partial charge in [0.15, 0.2) is 11.6 Å². The number of nitrogen functional groups attached to an aromatic ring is 1. The van der Waals surface area contributed by atoms with Gasteiger partial charge in [0.05, 0.1) is 29.6 Å². The molecule has 1 aliphatic carbocycles. The van der Waals surface area contributed by atoms with E-state index < -0.39 is 0 Å². The molecule has 7 heteroatoms. The summed E-state index contributed by atoms with van der Waals surface area (Å²) in [6, 6.07) is 17.0. The van der Waals surface area contributed by atoms with Crippen LogP contribution in [0.4, 0.5) is 22.7 Å². The second-order valence-electron chi connectivity index (χ2n) is 9.76. The summed E-state index contributed by atoms with van der Waals surface area (Å²) in [6.45, 7) is 8.02. The molecule has 36 heavy (non-hydrogen) atoms. The van der Waals surface area contributed by atoms with Gasteiger partial charge in [0, 0.05) is 55.2 Å². The lowest BCUT2D eigenvalue weighted by atomic mass is 9.81. The van der Waals surface area contributed by atoms with Crippen molar-refractivity contribution in [1.29, 1.82) is 0 Å². The second-order valence-corrected chi connectivity index (χ2v) is 9.76. The van der Waals surface area contributed by atoms with Gasteiger partial charge in [-0.15, -0.1) is 0 Å². The first-order chi connectivity index (χ1) is 17.4. The molecule has 1 aliphatic heterocycles. The lowest BCUT2D eigenvalue weighted by molar-refractivity contribution is 0.0980. The molecule has 7 nitrogen and oxygen atoms in total. The van der Waals surface area contributed by atoms with Gasteiger partial charge in [0.1, 0.15) is 5.75 Å². The second kappa shape index (κ2) is 9.57. The summed E-state index contributed by atoms with van der Waals surface area (Å²) >= 11 is 0. The molecule has 1 heterocycles. The minimum absolute atomic E-state index is 0.158. The number of fused-ring (bicyclic) bond motifs is 2. The van der Waals surface area contributed by atoms with Gasteiger partial charge < -0.3 is 25.6 Å². The largest absolute Gasteiger partial charge is 0.497 e. The molecule has 186 valence electrons. The molecule has 1 saturated heterocycles. The number of benzene rings is 3. The third-order valence-electron chi connectivity index (χ3n) is 6.97. The van der Waals surface area contributed by atoms with Crippen LogP contribution in [0, 0.1) is 5.92 Å². The molecule has 0 unspecified atom stereocenters. The lowest BCUT2D eigenvalue weighted by Crippen LogP contribution is -2.47. The summed E-state index contributed by atoms with van der Waals surface area (Å²) in [5, 5.41) is 3.43. The van der Waals surface area contributed by atoms with Gasteiger partial charge >= 0.3 is 0 Å². The Kier molecular flexibility index (Phi) is 6.31. The molecular formula is C29H32N4O3. The van der Waals surface area contributed by atoms with E-state index in [0.717, 1.165) is 43.3 Å². The first-order valence-electron chi connectivity index (χ1n) is 12.4. The molecule has 0 spiro atoms. The van der Waals surface area contributed by atoms with E-state index in [0.29, 0.717) is 46.1 Å². The fourth-order valence-corrected chi connectivity index (χ4v) is 5.02. The van der Waals surface area contributed by atoms with E-state index >= 15 is 0 Å². The Morgan fingerprint density at radius 1 is 0.889 bits per heavy atom. The van der Waals surface area contributed by atoms with Crippen LogP contribution in [-0.4, -0.2) is 51.4 Å². The van der Waals surface area contributed by atoms with Gasteiger partial charge in [-0.3, -0.25) is 9.59 Å². The molecule has 3 N–H and O–H groups in total. The van der Waals surface area contributed by atoms with Crippen LogP contribution < -0.4 is 25.6 Å². The molecule has 0 bridgehead atoms. The van der Waals surface area contributed by atoms with Gasteiger partial charge in [-0.2, -0.15) is 0 Å². The van der Waals surface area contributed by atoms with Crippen molar-refractivity contribution in [2.24, 2.45) is 5.92 Å². The van der Waals surface area contributed by atoms with Crippen molar-refractivity contribution in [3.63, 3.8) is 0 Å². The number of nitrogens with one attached hydrogen (secondary N) is 1. The molecular weight excluding hydrogens is 452 g/mol. The van der Waals surface area contributed by atoms with Crippen molar-refractivity contribution in [3.05, 3.63) is 76.9 Å². The fraction of sp³-hybridized carbons (Fsp3) is 0.310. The summed E-state index contributed by atoms with van der Waals surface area (Å²) < 4.78 is 5.28.